The van der Waals surface area contributed by atoms with Crippen molar-refractivity contribution in [3.63, 3.8) is 0 Å². The zero-order chi connectivity index (χ0) is 12.7. The normalized spacial score (nSPS) is 11.6. The summed E-state index contributed by atoms with van der Waals surface area (Å²) in [4.78, 5) is 2.42. The van der Waals surface area contributed by atoms with Crippen molar-refractivity contribution >= 4 is 0 Å². The highest BCUT2D eigenvalue weighted by atomic mass is 16.3. The largest absolute Gasteiger partial charge is 0.468 e. The minimum Gasteiger partial charge on any atom is -0.468 e. The van der Waals surface area contributed by atoms with Gasteiger partial charge in [-0.05, 0) is 32.5 Å². The molecule has 0 aliphatic rings. The van der Waals surface area contributed by atoms with E-state index in [1.54, 1.807) is 6.26 Å². The fourth-order valence-corrected chi connectivity index (χ4v) is 2.21. The maximum absolute atomic E-state index is 5.53. The summed E-state index contributed by atoms with van der Waals surface area (Å²) in [5.74, 6) is 1.07. The first-order valence-corrected chi connectivity index (χ1v) is 6.69. The van der Waals surface area contributed by atoms with Gasteiger partial charge in [-0.25, -0.2) is 0 Å². The Balaban J connectivity index is 2.58. The lowest BCUT2D eigenvalue weighted by Crippen LogP contribution is -2.30. The summed E-state index contributed by atoms with van der Waals surface area (Å²) in [5.41, 5.74) is 1.31. The molecule has 0 saturated heterocycles. The van der Waals surface area contributed by atoms with E-state index in [0.717, 1.165) is 25.4 Å². The predicted molar refractivity (Wildman–Crippen MR) is 71.9 cm³/mol. The van der Waals surface area contributed by atoms with Crippen LogP contribution in [0.4, 0.5) is 0 Å². The van der Waals surface area contributed by atoms with Crippen LogP contribution in [0.5, 0.6) is 0 Å². The van der Waals surface area contributed by atoms with Crippen LogP contribution in [-0.2, 0) is 13.1 Å². The Morgan fingerprint density at radius 2 is 2.00 bits per heavy atom. The van der Waals surface area contributed by atoms with Crippen LogP contribution < -0.4 is 5.32 Å². The van der Waals surface area contributed by atoms with Crippen molar-refractivity contribution in [3.05, 3.63) is 23.7 Å². The second-order valence-corrected chi connectivity index (χ2v) is 4.53. The maximum atomic E-state index is 5.53. The van der Waals surface area contributed by atoms with Gasteiger partial charge in [0.2, 0.25) is 0 Å². The van der Waals surface area contributed by atoms with E-state index in [0.29, 0.717) is 6.04 Å². The monoisotopic (exact) mass is 238 g/mol. The molecular weight excluding hydrogens is 212 g/mol. The van der Waals surface area contributed by atoms with E-state index >= 15 is 0 Å². The van der Waals surface area contributed by atoms with Crippen LogP contribution in [0.2, 0.25) is 0 Å². The SMILES string of the molecule is CCNCc1occc1CN(C)C(CC)CC. The lowest BCUT2D eigenvalue weighted by Gasteiger charge is -2.25. The first-order valence-electron chi connectivity index (χ1n) is 6.69. The number of nitrogens with one attached hydrogen (secondary N) is 1. The van der Waals surface area contributed by atoms with Crippen LogP contribution >= 0.6 is 0 Å². The highest BCUT2D eigenvalue weighted by molar-refractivity contribution is 5.16. The average Bonchev–Trinajstić information content (AvgIpc) is 2.75. The third-order valence-corrected chi connectivity index (χ3v) is 3.36. The van der Waals surface area contributed by atoms with Gasteiger partial charge in [0.05, 0.1) is 12.8 Å². The Labute approximate surface area is 105 Å². The summed E-state index contributed by atoms with van der Waals surface area (Å²) in [6, 6.07) is 2.75. The van der Waals surface area contributed by atoms with Crippen molar-refractivity contribution in [2.45, 2.75) is 52.7 Å². The third kappa shape index (κ3) is 4.17. The van der Waals surface area contributed by atoms with Gasteiger partial charge in [-0.15, -0.1) is 0 Å². The molecule has 0 aromatic carbocycles. The molecule has 1 rings (SSSR count). The molecule has 17 heavy (non-hydrogen) atoms. The first kappa shape index (κ1) is 14.3. The van der Waals surface area contributed by atoms with Crippen LogP contribution in [0.3, 0.4) is 0 Å². The summed E-state index contributed by atoms with van der Waals surface area (Å²) in [6.45, 7) is 9.39. The summed E-state index contributed by atoms with van der Waals surface area (Å²) < 4.78 is 5.53. The smallest absolute Gasteiger partial charge is 0.122 e. The molecule has 1 N–H and O–H groups in total. The van der Waals surface area contributed by atoms with Gasteiger partial charge in [-0.2, -0.15) is 0 Å². The highest BCUT2D eigenvalue weighted by Gasteiger charge is 2.13. The van der Waals surface area contributed by atoms with Gasteiger partial charge in [0.1, 0.15) is 5.76 Å². The van der Waals surface area contributed by atoms with E-state index in [2.05, 4.69) is 44.1 Å². The Bertz CT molecular complexity index is 305. The first-order chi connectivity index (χ1) is 8.22. The lowest BCUT2D eigenvalue weighted by molar-refractivity contribution is 0.220. The zero-order valence-corrected chi connectivity index (χ0v) is 11.6. The molecular formula is C14H26N2O. The lowest BCUT2D eigenvalue weighted by atomic mass is 10.1. The van der Waals surface area contributed by atoms with Crippen molar-refractivity contribution in [1.82, 2.24) is 10.2 Å². The molecule has 98 valence electrons. The minimum atomic E-state index is 0.664. The zero-order valence-electron chi connectivity index (χ0n) is 11.6. The van der Waals surface area contributed by atoms with Gasteiger partial charge in [0, 0.05) is 18.2 Å². The van der Waals surface area contributed by atoms with Gasteiger partial charge in [-0.3, -0.25) is 4.90 Å². The fraction of sp³-hybridized carbons (Fsp3) is 0.714. The molecule has 0 atom stereocenters. The standard InChI is InChI=1S/C14H26N2O/c1-5-13(6-2)16(4)11-12-8-9-17-14(12)10-15-7-3/h8-9,13,15H,5-7,10-11H2,1-4H3. The second-order valence-electron chi connectivity index (χ2n) is 4.53. The van der Waals surface area contributed by atoms with E-state index < -0.39 is 0 Å². The summed E-state index contributed by atoms with van der Waals surface area (Å²) in [6.07, 6.45) is 4.20. The molecule has 0 saturated carbocycles. The van der Waals surface area contributed by atoms with Crippen molar-refractivity contribution < 1.29 is 4.42 Å². The van der Waals surface area contributed by atoms with Crippen LogP contribution in [0.1, 0.15) is 44.9 Å². The van der Waals surface area contributed by atoms with E-state index in [9.17, 15) is 0 Å². The number of hydrogen-bond donors (Lipinski definition) is 1. The number of furan rings is 1. The molecule has 0 amide bonds. The number of rotatable bonds is 8. The number of nitrogens with zero attached hydrogens (tertiary/aromatic N) is 1. The van der Waals surface area contributed by atoms with E-state index in [1.165, 1.54) is 18.4 Å². The van der Waals surface area contributed by atoms with Gasteiger partial charge in [0.15, 0.2) is 0 Å². The van der Waals surface area contributed by atoms with E-state index in [1.807, 2.05) is 0 Å². The Kier molecular flexibility index (Phi) is 6.30. The number of hydrogen-bond acceptors (Lipinski definition) is 3. The molecule has 0 radical (unpaired) electrons. The van der Waals surface area contributed by atoms with Gasteiger partial charge >= 0.3 is 0 Å². The van der Waals surface area contributed by atoms with Crippen LogP contribution in [0, 0.1) is 0 Å². The molecule has 1 heterocycles. The average molecular weight is 238 g/mol. The molecule has 0 bridgehead atoms. The van der Waals surface area contributed by atoms with Crippen molar-refractivity contribution in [3.8, 4) is 0 Å². The van der Waals surface area contributed by atoms with Crippen molar-refractivity contribution in [2.24, 2.45) is 0 Å². The Morgan fingerprint density at radius 3 is 2.59 bits per heavy atom. The van der Waals surface area contributed by atoms with Gasteiger partial charge < -0.3 is 9.73 Å². The molecule has 0 spiro atoms. The molecule has 0 unspecified atom stereocenters. The fourth-order valence-electron chi connectivity index (χ4n) is 2.21. The highest BCUT2D eigenvalue weighted by Crippen LogP contribution is 2.16. The minimum absolute atomic E-state index is 0.664. The van der Waals surface area contributed by atoms with Crippen molar-refractivity contribution in [1.29, 1.82) is 0 Å². The molecule has 0 aliphatic heterocycles. The Morgan fingerprint density at radius 1 is 1.29 bits per heavy atom. The van der Waals surface area contributed by atoms with Crippen LogP contribution in [0.25, 0.3) is 0 Å². The molecule has 1 aromatic heterocycles. The quantitative estimate of drug-likeness (QED) is 0.754. The molecule has 3 nitrogen and oxygen atoms in total. The molecule has 0 aliphatic carbocycles. The molecule has 0 fully saturated rings. The van der Waals surface area contributed by atoms with Crippen LogP contribution in [0.15, 0.2) is 16.7 Å². The van der Waals surface area contributed by atoms with E-state index in [-0.39, 0.29) is 0 Å². The molecule has 3 heteroatoms. The molecule has 1 aromatic rings. The van der Waals surface area contributed by atoms with Crippen LogP contribution in [-0.4, -0.2) is 24.5 Å². The maximum Gasteiger partial charge on any atom is 0.122 e. The third-order valence-electron chi connectivity index (χ3n) is 3.36. The summed E-state index contributed by atoms with van der Waals surface area (Å²) >= 11 is 0. The van der Waals surface area contributed by atoms with Crippen molar-refractivity contribution in [2.75, 3.05) is 13.6 Å². The summed E-state index contributed by atoms with van der Waals surface area (Å²) in [7, 11) is 2.20. The van der Waals surface area contributed by atoms with Gasteiger partial charge in [-0.1, -0.05) is 20.8 Å². The summed E-state index contributed by atoms with van der Waals surface area (Å²) in [5, 5.41) is 3.31. The van der Waals surface area contributed by atoms with Gasteiger partial charge in [0.25, 0.3) is 0 Å². The second kappa shape index (κ2) is 7.51. The topological polar surface area (TPSA) is 28.4 Å². The Hall–Kier alpha value is -0.800. The van der Waals surface area contributed by atoms with E-state index in [4.69, 9.17) is 4.42 Å². The predicted octanol–water partition coefficient (Wildman–Crippen LogP) is 3.01.